The maximum absolute atomic E-state index is 14.3. The van der Waals surface area contributed by atoms with Crippen LogP contribution in [0, 0.1) is 5.82 Å². The maximum Gasteiger partial charge on any atom is 0.573 e. The second kappa shape index (κ2) is 11.0. The number of anilines is 3. The minimum Gasteiger partial charge on any atom is -0.406 e. The number of nitrogens with two attached hydrogens (primary N) is 1. The van der Waals surface area contributed by atoms with E-state index >= 15 is 0 Å². The molecule has 0 saturated carbocycles. The van der Waals surface area contributed by atoms with Crippen LogP contribution < -0.4 is 21.1 Å². The lowest BCUT2D eigenvalue weighted by Gasteiger charge is -2.22. The van der Waals surface area contributed by atoms with Crippen molar-refractivity contribution in [1.29, 1.82) is 0 Å². The van der Waals surface area contributed by atoms with Gasteiger partial charge in [-0.15, -0.1) is 33.6 Å². The summed E-state index contributed by atoms with van der Waals surface area (Å²) in [6.45, 7) is 0. The number of alkyl halides is 3. The van der Waals surface area contributed by atoms with Crippen LogP contribution in [0.3, 0.4) is 0 Å². The second-order valence-electron chi connectivity index (χ2n) is 7.94. The number of hydrogen-bond donors (Lipinski definition) is 3. The Morgan fingerprint density at radius 1 is 1.16 bits per heavy atom. The van der Waals surface area contributed by atoms with Crippen LogP contribution in [0.5, 0.6) is 5.75 Å². The van der Waals surface area contributed by atoms with E-state index in [0.717, 1.165) is 60.8 Å². The molecule has 0 saturated heterocycles. The highest BCUT2D eigenvalue weighted by Crippen LogP contribution is 2.31. The van der Waals surface area contributed by atoms with E-state index in [0.29, 0.717) is 17.4 Å². The fraction of sp³-hybridized carbons (Fsp3) is 0.318. The van der Waals surface area contributed by atoms with Crippen molar-refractivity contribution in [3.8, 4) is 5.75 Å². The molecule has 37 heavy (non-hydrogen) atoms. The molecule has 2 aromatic heterocycles. The van der Waals surface area contributed by atoms with Gasteiger partial charge in [-0.1, -0.05) is 17.4 Å². The molecule has 2 unspecified atom stereocenters. The van der Waals surface area contributed by atoms with Crippen LogP contribution in [0.2, 0.25) is 0 Å². The Balaban J connectivity index is 1.37. The van der Waals surface area contributed by atoms with Crippen LogP contribution in [0.15, 0.2) is 36.4 Å². The van der Waals surface area contributed by atoms with E-state index in [-0.39, 0.29) is 11.2 Å². The van der Waals surface area contributed by atoms with Gasteiger partial charge in [0.15, 0.2) is 6.10 Å². The van der Waals surface area contributed by atoms with Gasteiger partial charge >= 0.3 is 6.36 Å². The summed E-state index contributed by atoms with van der Waals surface area (Å²) >= 11 is 1.05. The lowest BCUT2D eigenvalue weighted by atomic mass is 9.93. The van der Waals surface area contributed by atoms with Crippen molar-refractivity contribution in [1.82, 2.24) is 20.4 Å². The number of nitrogens with one attached hydrogen (secondary N) is 2. The number of benzene rings is 1. The molecule has 10 nitrogen and oxygen atoms in total. The highest BCUT2D eigenvalue weighted by Gasteiger charge is 2.32. The summed E-state index contributed by atoms with van der Waals surface area (Å²) in [5, 5.41) is 22.1. The molecule has 1 aliphatic carbocycles. The number of carbonyl (C=O) groups is 1. The highest BCUT2D eigenvalue weighted by atomic mass is 32.1. The van der Waals surface area contributed by atoms with Crippen molar-refractivity contribution in [2.75, 3.05) is 23.5 Å². The molecule has 0 radical (unpaired) electrons. The fourth-order valence-electron chi connectivity index (χ4n) is 3.68. The Bertz CT molecular complexity index is 1280. The van der Waals surface area contributed by atoms with Gasteiger partial charge < -0.3 is 20.5 Å². The summed E-state index contributed by atoms with van der Waals surface area (Å²) in [4.78, 5) is 12.7. The van der Waals surface area contributed by atoms with Crippen LogP contribution in [0.1, 0.15) is 36.6 Å². The molecule has 196 valence electrons. The average Bonchev–Trinajstić information content (AvgIpc) is 3.28. The largest absolute Gasteiger partial charge is 0.573 e. The summed E-state index contributed by atoms with van der Waals surface area (Å²) in [7, 11) is 1.12. The number of nitrogen functional groups attached to an aromatic ring is 1. The van der Waals surface area contributed by atoms with Crippen LogP contribution in [0.25, 0.3) is 5.57 Å². The zero-order chi connectivity index (χ0) is 26.6. The molecule has 0 spiro atoms. The third-order valence-corrected chi connectivity index (χ3v) is 6.14. The molecule has 1 aromatic carbocycles. The number of aromatic nitrogens is 4. The van der Waals surface area contributed by atoms with Crippen molar-refractivity contribution in [3.05, 3.63) is 53.5 Å². The summed E-state index contributed by atoms with van der Waals surface area (Å²) in [6.07, 6.45) is -2.23. The predicted molar refractivity (Wildman–Crippen MR) is 127 cm³/mol. The maximum atomic E-state index is 14.3. The number of hydrogen-bond acceptors (Lipinski definition) is 10. The van der Waals surface area contributed by atoms with Crippen molar-refractivity contribution in [2.24, 2.45) is 0 Å². The van der Waals surface area contributed by atoms with Crippen molar-refractivity contribution < 1.29 is 31.8 Å². The van der Waals surface area contributed by atoms with Gasteiger partial charge in [0.2, 0.25) is 10.3 Å². The van der Waals surface area contributed by atoms with Gasteiger partial charge in [-0.05, 0) is 55.2 Å². The first-order valence-electron chi connectivity index (χ1n) is 10.9. The number of halogens is 4. The minimum atomic E-state index is -4.98. The molecule has 2 atom stereocenters. The van der Waals surface area contributed by atoms with Gasteiger partial charge in [-0.2, -0.15) is 0 Å². The quantitative estimate of drug-likeness (QED) is 0.357. The third kappa shape index (κ3) is 6.89. The number of rotatable bonds is 8. The van der Waals surface area contributed by atoms with E-state index < -0.39 is 35.5 Å². The number of carbonyl (C=O) groups excluding carboxylic acids is 1. The molecular weight excluding hydrogens is 518 g/mol. The Hall–Kier alpha value is -3.85. The predicted octanol–water partition coefficient (Wildman–Crippen LogP) is 4.32. The molecular formula is C22H21F4N7O3S. The molecule has 4 N–H and O–H groups in total. The number of allylic oxidation sites excluding steroid dienone is 1. The van der Waals surface area contributed by atoms with Gasteiger partial charge in [0.1, 0.15) is 17.4 Å². The van der Waals surface area contributed by atoms with Gasteiger partial charge in [-0.3, -0.25) is 10.1 Å². The van der Waals surface area contributed by atoms with Gasteiger partial charge in [-0.25, -0.2) is 4.39 Å². The van der Waals surface area contributed by atoms with Gasteiger partial charge in [0.05, 0.1) is 5.69 Å². The van der Waals surface area contributed by atoms with Crippen molar-refractivity contribution in [3.63, 3.8) is 0 Å². The molecule has 0 bridgehead atoms. The second-order valence-corrected chi connectivity index (χ2v) is 8.91. The Morgan fingerprint density at radius 3 is 2.59 bits per heavy atom. The molecule has 0 aliphatic heterocycles. The Morgan fingerprint density at radius 2 is 1.95 bits per heavy atom. The van der Waals surface area contributed by atoms with Gasteiger partial charge in [0, 0.05) is 18.7 Å². The fourth-order valence-corrected chi connectivity index (χ4v) is 4.41. The van der Waals surface area contributed by atoms with E-state index in [1.165, 1.54) is 0 Å². The average molecular weight is 540 g/mol. The van der Waals surface area contributed by atoms with E-state index in [9.17, 15) is 22.4 Å². The zero-order valence-corrected chi connectivity index (χ0v) is 20.1. The standard InChI is InChI=1S/C22H21F4N7O3S/c1-35-18(14-10-13(6-7-15(14)23)36-22(24,25)26)19(34)29-21-33-32-20(37-21)28-12-4-2-11(3-5-12)16-8-9-17(27)31-30-16/h2,6-10,12,18H,3-5H2,1H3,(H2,27,31)(H,28,32)(H,29,33,34). The number of nitrogens with zero attached hydrogens (tertiary/aromatic N) is 4. The van der Waals surface area contributed by atoms with Crippen LogP contribution in [0.4, 0.5) is 33.6 Å². The lowest BCUT2D eigenvalue weighted by Crippen LogP contribution is -2.24. The van der Waals surface area contributed by atoms with Crippen LogP contribution in [-0.2, 0) is 9.53 Å². The van der Waals surface area contributed by atoms with E-state index in [4.69, 9.17) is 10.5 Å². The van der Waals surface area contributed by atoms with E-state index in [1.54, 1.807) is 6.07 Å². The number of amides is 1. The molecule has 15 heteroatoms. The molecule has 3 aromatic rings. The monoisotopic (exact) mass is 539 g/mol. The number of methoxy groups -OCH3 is 1. The normalized spacial score (nSPS) is 16.6. The number of ether oxygens (including phenoxy) is 2. The zero-order valence-electron chi connectivity index (χ0n) is 19.3. The van der Waals surface area contributed by atoms with Crippen LogP contribution >= 0.6 is 11.3 Å². The van der Waals surface area contributed by atoms with Crippen molar-refractivity contribution >= 4 is 38.9 Å². The van der Waals surface area contributed by atoms with Crippen molar-refractivity contribution in [2.45, 2.75) is 37.8 Å². The van der Waals surface area contributed by atoms with Crippen LogP contribution in [-0.4, -0.2) is 45.8 Å². The Labute approximate surface area is 211 Å². The van der Waals surface area contributed by atoms with E-state index in [1.807, 2.05) is 6.07 Å². The topological polar surface area (TPSA) is 137 Å². The molecule has 4 rings (SSSR count). The third-order valence-electron chi connectivity index (χ3n) is 5.37. The van der Waals surface area contributed by atoms with Gasteiger partial charge in [0.25, 0.3) is 5.91 Å². The Kier molecular flexibility index (Phi) is 7.83. The SMILES string of the molecule is COC(C(=O)Nc1nnc(NC2CC=C(c3ccc(N)nn3)CC2)s1)c1cc(OC(F)(F)F)ccc1F. The smallest absolute Gasteiger partial charge is 0.406 e. The highest BCUT2D eigenvalue weighted by molar-refractivity contribution is 7.19. The van der Waals surface area contributed by atoms with E-state index in [2.05, 4.69) is 41.8 Å². The first-order valence-corrected chi connectivity index (χ1v) is 11.7. The molecule has 2 heterocycles. The molecule has 1 amide bonds. The first-order chi connectivity index (χ1) is 17.6. The summed E-state index contributed by atoms with van der Waals surface area (Å²) < 4.78 is 60.7. The first kappa shape index (κ1) is 26.2. The molecule has 0 fully saturated rings. The summed E-state index contributed by atoms with van der Waals surface area (Å²) in [6, 6.07) is 5.89. The molecule has 1 aliphatic rings. The summed E-state index contributed by atoms with van der Waals surface area (Å²) in [5.41, 5.74) is 6.98. The lowest BCUT2D eigenvalue weighted by molar-refractivity contribution is -0.274. The summed E-state index contributed by atoms with van der Waals surface area (Å²) in [5.74, 6) is -2.12. The minimum absolute atomic E-state index is 0.0687.